The summed E-state index contributed by atoms with van der Waals surface area (Å²) in [5, 5.41) is 5.34. The summed E-state index contributed by atoms with van der Waals surface area (Å²) in [7, 11) is -3.65. The molecule has 0 unspecified atom stereocenters. The standard InChI is InChI=1S/C19H17N3O3S2/c23-18(21-19-20-17(12-26-19)13-6-7-13)14-8-10-15(11-9-14)22-27(24,25)16-4-2-1-3-5-16/h1-5,8-13,22H,6-7H2,(H,20,21,23). The van der Waals surface area contributed by atoms with Crippen molar-refractivity contribution in [1.82, 2.24) is 4.98 Å². The third-order valence-electron chi connectivity index (χ3n) is 4.19. The van der Waals surface area contributed by atoms with Crippen molar-refractivity contribution >= 4 is 38.1 Å². The number of sulfonamides is 1. The molecule has 1 fully saturated rings. The Balaban J connectivity index is 1.42. The maximum absolute atomic E-state index is 12.3. The summed E-state index contributed by atoms with van der Waals surface area (Å²) < 4.78 is 27.2. The van der Waals surface area contributed by atoms with Crippen LogP contribution in [0.3, 0.4) is 0 Å². The molecule has 0 radical (unpaired) electrons. The summed E-state index contributed by atoms with van der Waals surface area (Å²) in [4.78, 5) is 17.0. The molecule has 0 spiro atoms. The number of carbonyl (C=O) groups excluding carboxylic acids is 1. The van der Waals surface area contributed by atoms with Crippen LogP contribution in [0.15, 0.2) is 64.9 Å². The van der Waals surface area contributed by atoms with Crippen LogP contribution in [0.2, 0.25) is 0 Å². The van der Waals surface area contributed by atoms with Gasteiger partial charge >= 0.3 is 0 Å². The summed E-state index contributed by atoms with van der Waals surface area (Å²) in [6.07, 6.45) is 2.33. The molecule has 6 nitrogen and oxygen atoms in total. The quantitative estimate of drug-likeness (QED) is 0.654. The maximum atomic E-state index is 12.3. The molecule has 1 aromatic heterocycles. The summed E-state index contributed by atoms with van der Waals surface area (Å²) >= 11 is 1.41. The van der Waals surface area contributed by atoms with Gasteiger partial charge in [0.15, 0.2) is 5.13 Å². The van der Waals surface area contributed by atoms with Crippen LogP contribution in [-0.2, 0) is 10.0 Å². The smallest absolute Gasteiger partial charge is 0.261 e. The first-order valence-corrected chi connectivity index (χ1v) is 10.8. The van der Waals surface area contributed by atoms with Crippen molar-refractivity contribution in [2.45, 2.75) is 23.7 Å². The van der Waals surface area contributed by atoms with E-state index in [2.05, 4.69) is 15.0 Å². The predicted molar refractivity (Wildman–Crippen MR) is 106 cm³/mol. The molecule has 2 aromatic carbocycles. The predicted octanol–water partition coefficient (Wildman–Crippen LogP) is 4.07. The van der Waals surface area contributed by atoms with Crippen molar-refractivity contribution in [3.05, 3.63) is 71.2 Å². The van der Waals surface area contributed by atoms with Gasteiger partial charge in [0.05, 0.1) is 10.6 Å². The van der Waals surface area contributed by atoms with Crippen LogP contribution in [0.4, 0.5) is 10.8 Å². The van der Waals surface area contributed by atoms with Crippen LogP contribution in [0.1, 0.15) is 34.8 Å². The Hall–Kier alpha value is -2.71. The molecular formula is C19H17N3O3S2. The molecule has 27 heavy (non-hydrogen) atoms. The third-order valence-corrected chi connectivity index (χ3v) is 6.36. The number of amides is 1. The van der Waals surface area contributed by atoms with Gasteiger partial charge in [0.25, 0.3) is 15.9 Å². The molecule has 138 valence electrons. The summed E-state index contributed by atoms with van der Waals surface area (Å²) in [6.45, 7) is 0. The zero-order chi connectivity index (χ0) is 18.9. The first-order valence-electron chi connectivity index (χ1n) is 8.46. The van der Waals surface area contributed by atoms with Gasteiger partial charge in [-0.15, -0.1) is 11.3 Å². The molecule has 3 aromatic rings. The van der Waals surface area contributed by atoms with Crippen LogP contribution in [0.5, 0.6) is 0 Å². The minimum atomic E-state index is -3.65. The minimum absolute atomic E-state index is 0.182. The van der Waals surface area contributed by atoms with Gasteiger partial charge in [0, 0.05) is 22.5 Å². The molecule has 1 aliphatic rings. The van der Waals surface area contributed by atoms with E-state index in [-0.39, 0.29) is 10.8 Å². The molecule has 1 heterocycles. The Morgan fingerprint density at radius 1 is 1.04 bits per heavy atom. The molecule has 4 rings (SSSR count). The maximum Gasteiger partial charge on any atom is 0.261 e. The van der Waals surface area contributed by atoms with Gasteiger partial charge in [-0.2, -0.15) is 0 Å². The minimum Gasteiger partial charge on any atom is -0.298 e. The van der Waals surface area contributed by atoms with E-state index in [0.717, 1.165) is 18.5 Å². The number of nitrogens with one attached hydrogen (secondary N) is 2. The van der Waals surface area contributed by atoms with Crippen molar-refractivity contribution in [3.63, 3.8) is 0 Å². The van der Waals surface area contributed by atoms with Crippen LogP contribution >= 0.6 is 11.3 Å². The lowest BCUT2D eigenvalue weighted by Gasteiger charge is -2.08. The van der Waals surface area contributed by atoms with Gasteiger partial charge in [0.1, 0.15) is 0 Å². The number of hydrogen-bond donors (Lipinski definition) is 2. The van der Waals surface area contributed by atoms with Crippen molar-refractivity contribution < 1.29 is 13.2 Å². The molecule has 1 amide bonds. The number of aromatic nitrogens is 1. The van der Waals surface area contributed by atoms with Gasteiger partial charge in [-0.25, -0.2) is 13.4 Å². The van der Waals surface area contributed by atoms with E-state index in [1.165, 1.54) is 23.5 Å². The number of hydrogen-bond acceptors (Lipinski definition) is 5. The molecule has 0 bridgehead atoms. The van der Waals surface area contributed by atoms with Crippen LogP contribution in [0, 0.1) is 0 Å². The second kappa shape index (κ2) is 7.13. The highest BCUT2D eigenvalue weighted by Crippen LogP contribution is 2.40. The van der Waals surface area contributed by atoms with E-state index in [0.29, 0.717) is 22.3 Å². The number of anilines is 2. The molecule has 1 aliphatic carbocycles. The van der Waals surface area contributed by atoms with Crippen molar-refractivity contribution in [2.24, 2.45) is 0 Å². The first kappa shape index (κ1) is 17.7. The van der Waals surface area contributed by atoms with Crippen molar-refractivity contribution in [2.75, 3.05) is 10.0 Å². The average molecular weight is 399 g/mol. The highest BCUT2D eigenvalue weighted by atomic mass is 32.2. The lowest BCUT2D eigenvalue weighted by Crippen LogP contribution is -2.14. The number of thiazole rings is 1. The number of benzene rings is 2. The Bertz CT molecular complexity index is 1060. The zero-order valence-electron chi connectivity index (χ0n) is 14.3. The lowest BCUT2D eigenvalue weighted by molar-refractivity contribution is 0.102. The molecule has 0 atom stereocenters. The molecular weight excluding hydrogens is 382 g/mol. The zero-order valence-corrected chi connectivity index (χ0v) is 15.9. The summed E-state index contributed by atoms with van der Waals surface area (Å²) in [6, 6.07) is 14.4. The van der Waals surface area contributed by atoms with E-state index < -0.39 is 10.0 Å². The SMILES string of the molecule is O=C(Nc1nc(C2CC2)cs1)c1ccc(NS(=O)(=O)c2ccccc2)cc1. The first-order chi connectivity index (χ1) is 13.0. The van der Waals surface area contributed by atoms with Crippen LogP contribution in [-0.4, -0.2) is 19.3 Å². The molecule has 0 aliphatic heterocycles. The second-order valence-corrected chi connectivity index (χ2v) is 8.84. The fourth-order valence-corrected chi connectivity index (χ4v) is 4.45. The second-order valence-electron chi connectivity index (χ2n) is 6.30. The van der Waals surface area contributed by atoms with Crippen molar-refractivity contribution in [3.8, 4) is 0 Å². The number of nitrogens with zero attached hydrogens (tertiary/aromatic N) is 1. The highest BCUT2D eigenvalue weighted by Gasteiger charge is 2.26. The Morgan fingerprint density at radius 3 is 2.41 bits per heavy atom. The molecule has 8 heteroatoms. The fourth-order valence-electron chi connectivity index (χ4n) is 2.58. The summed E-state index contributed by atoms with van der Waals surface area (Å²) in [5.41, 5.74) is 1.86. The van der Waals surface area contributed by atoms with Crippen molar-refractivity contribution in [1.29, 1.82) is 0 Å². The van der Waals surface area contributed by atoms with Crippen LogP contribution < -0.4 is 10.0 Å². The number of carbonyl (C=O) groups is 1. The van der Waals surface area contributed by atoms with Gasteiger partial charge in [0.2, 0.25) is 0 Å². The van der Waals surface area contributed by atoms with E-state index in [1.807, 2.05) is 5.38 Å². The fraction of sp³-hybridized carbons (Fsp3) is 0.158. The Labute approximate surface area is 161 Å². The molecule has 2 N–H and O–H groups in total. The third kappa shape index (κ3) is 4.17. The topological polar surface area (TPSA) is 88.2 Å². The highest BCUT2D eigenvalue weighted by molar-refractivity contribution is 7.92. The normalized spacial score (nSPS) is 13.9. The van der Waals surface area contributed by atoms with Crippen LogP contribution in [0.25, 0.3) is 0 Å². The Morgan fingerprint density at radius 2 is 1.74 bits per heavy atom. The van der Waals surface area contributed by atoms with Gasteiger partial charge in [-0.1, -0.05) is 18.2 Å². The Kier molecular flexibility index (Phi) is 4.67. The van der Waals surface area contributed by atoms with Gasteiger partial charge < -0.3 is 0 Å². The van der Waals surface area contributed by atoms with E-state index in [9.17, 15) is 13.2 Å². The van der Waals surface area contributed by atoms with E-state index in [4.69, 9.17) is 0 Å². The monoisotopic (exact) mass is 399 g/mol. The lowest BCUT2D eigenvalue weighted by atomic mass is 10.2. The number of rotatable bonds is 6. The molecule has 0 saturated heterocycles. The summed E-state index contributed by atoms with van der Waals surface area (Å²) in [5.74, 6) is 0.271. The van der Waals surface area contributed by atoms with E-state index in [1.54, 1.807) is 42.5 Å². The van der Waals surface area contributed by atoms with E-state index >= 15 is 0 Å². The molecule has 1 saturated carbocycles. The van der Waals surface area contributed by atoms with Gasteiger partial charge in [-0.3, -0.25) is 14.8 Å². The van der Waals surface area contributed by atoms with Gasteiger partial charge in [-0.05, 0) is 49.2 Å². The average Bonchev–Trinajstić information content (AvgIpc) is 3.42. The largest absolute Gasteiger partial charge is 0.298 e.